The molecule has 5 nitrogen and oxygen atoms in total. The van der Waals surface area contributed by atoms with Gasteiger partial charge >= 0.3 is 0 Å². The van der Waals surface area contributed by atoms with Gasteiger partial charge in [-0.25, -0.2) is 9.97 Å². The van der Waals surface area contributed by atoms with Crippen molar-refractivity contribution in [3.63, 3.8) is 0 Å². The van der Waals surface area contributed by atoms with Crippen LogP contribution in [0.4, 0.5) is 5.82 Å². The van der Waals surface area contributed by atoms with Crippen LogP contribution in [0.15, 0.2) is 67.0 Å². The van der Waals surface area contributed by atoms with Gasteiger partial charge in [-0.2, -0.15) is 0 Å². The van der Waals surface area contributed by atoms with E-state index in [2.05, 4.69) is 15.3 Å². The molecule has 5 heteroatoms. The molecule has 1 N–H and O–H groups in total. The topological polar surface area (TPSA) is 64.1 Å². The molecule has 0 aliphatic heterocycles. The molecule has 0 spiro atoms. The molecule has 0 fully saturated rings. The van der Waals surface area contributed by atoms with Gasteiger partial charge in [0.2, 0.25) is 5.88 Å². The third-order valence-electron chi connectivity index (χ3n) is 3.20. The number of aryl methyl sites for hydroxylation is 1. The average molecular weight is 305 g/mol. The molecule has 0 atom stereocenters. The van der Waals surface area contributed by atoms with Crippen LogP contribution in [0.5, 0.6) is 11.6 Å². The molecule has 0 saturated heterocycles. The molecule has 2 aromatic heterocycles. The molecule has 23 heavy (non-hydrogen) atoms. The fourth-order valence-electron chi connectivity index (χ4n) is 2.01. The van der Waals surface area contributed by atoms with E-state index in [-0.39, 0.29) is 5.91 Å². The van der Waals surface area contributed by atoms with Crippen LogP contribution < -0.4 is 10.1 Å². The number of carbonyl (C=O) groups is 1. The summed E-state index contributed by atoms with van der Waals surface area (Å²) >= 11 is 0. The number of ether oxygens (including phenoxy) is 1. The van der Waals surface area contributed by atoms with Gasteiger partial charge in [0.05, 0.1) is 0 Å². The summed E-state index contributed by atoms with van der Waals surface area (Å²) < 4.78 is 5.64. The van der Waals surface area contributed by atoms with E-state index in [0.29, 0.717) is 23.0 Å². The number of nitrogens with one attached hydrogen (secondary N) is 1. The predicted octanol–water partition coefficient (Wildman–Crippen LogP) is 3.83. The van der Waals surface area contributed by atoms with Crippen LogP contribution in [-0.4, -0.2) is 15.9 Å². The summed E-state index contributed by atoms with van der Waals surface area (Å²) in [5.41, 5.74) is 1.35. The van der Waals surface area contributed by atoms with Crippen molar-refractivity contribution in [3.8, 4) is 11.6 Å². The molecule has 0 radical (unpaired) electrons. The number of para-hydroxylation sites is 1. The highest BCUT2D eigenvalue weighted by atomic mass is 16.5. The summed E-state index contributed by atoms with van der Waals surface area (Å²) in [6.45, 7) is 1.89. The van der Waals surface area contributed by atoms with Gasteiger partial charge in [-0.1, -0.05) is 24.3 Å². The van der Waals surface area contributed by atoms with E-state index in [1.807, 2.05) is 49.4 Å². The van der Waals surface area contributed by atoms with E-state index in [1.54, 1.807) is 24.5 Å². The Morgan fingerprint density at radius 1 is 1.00 bits per heavy atom. The van der Waals surface area contributed by atoms with Crippen LogP contribution in [0, 0.1) is 6.92 Å². The van der Waals surface area contributed by atoms with Crippen molar-refractivity contribution in [1.82, 2.24) is 9.97 Å². The van der Waals surface area contributed by atoms with Crippen LogP contribution in [0.3, 0.4) is 0 Å². The Kier molecular flexibility index (Phi) is 4.29. The molecule has 3 rings (SSSR count). The van der Waals surface area contributed by atoms with E-state index < -0.39 is 0 Å². The molecule has 0 bridgehead atoms. The molecule has 0 unspecified atom stereocenters. The summed E-state index contributed by atoms with van der Waals surface area (Å²) in [4.78, 5) is 20.6. The lowest BCUT2D eigenvalue weighted by Gasteiger charge is -2.08. The second-order valence-corrected chi connectivity index (χ2v) is 4.92. The number of amides is 1. The normalized spacial score (nSPS) is 10.1. The highest BCUT2D eigenvalue weighted by Gasteiger charge is 2.10. The number of aromatic nitrogens is 2. The van der Waals surface area contributed by atoms with Crippen molar-refractivity contribution >= 4 is 11.7 Å². The number of anilines is 1. The van der Waals surface area contributed by atoms with Crippen molar-refractivity contribution in [2.75, 3.05) is 5.32 Å². The van der Waals surface area contributed by atoms with Crippen LogP contribution in [-0.2, 0) is 0 Å². The first-order chi connectivity index (χ1) is 11.2. The summed E-state index contributed by atoms with van der Waals surface area (Å²) in [5.74, 6) is 1.31. The maximum absolute atomic E-state index is 12.3. The van der Waals surface area contributed by atoms with Crippen LogP contribution in [0.25, 0.3) is 0 Å². The van der Waals surface area contributed by atoms with Crippen molar-refractivity contribution in [1.29, 1.82) is 0 Å². The Labute approximate surface area is 134 Å². The third kappa shape index (κ3) is 3.71. The number of hydrogen-bond donors (Lipinski definition) is 1. The molecule has 0 saturated carbocycles. The monoisotopic (exact) mass is 305 g/mol. The van der Waals surface area contributed by atoms with E-state index in [0.717, 1.165) is 5.56 Å². The van der Waals surface area contributed by atoms with Crippen molar-refractivity contribution in [3.05, 3.63) is 78.1 Å². The average Bonchev–Trinajstić information content (AvgIpc) is 2.58. The Bertz CT molecular complexity index is 819. The standard InChI is InChI=1S/C18H15N3O2/c1-13-6-5-10-20-17(13)21-18(22)14-9-11-19-16(12-14)23-15-7-3-2-4-8-15/h2-12H,1H3,(H,20,21,22). The first kappa shape index (κ1) is 14.7. The fourth-order valence-corrected chi connectivity index (χ4v) is 2.01. The van der Waals surface area contributed by atoms with Crippen LogP contribution in [0.2, 0.25) is 0 Å². The Morgan fingerprint density at radius 2 is 1.83 bits per heavy atom. The maximum Gasteiger partial charge on any atom is 0.257 e. The minimum absolute atomic E-state index is 0.257. The van der Waals surface area contributed by atoms with Gasteiger partial charge in [-0.05, 0) is 36.8 Å². The van der Waals surface area contributed by atoms with Gasteiger partial charge < -0.3 is 10.1 Å². The highest BCUT2D eigenvalue weighted by Crippen LogP contribution is 2.20. The summed E-state index contributed by atoms with van der Waals surface area (Å²) in [6.07, 6.45) is 3.18. The first-order valence-electron chi connectivity index (χ1n) is 7.14. The van der Waals surface area contributed by atoms with Gasteiger partial charge in [0, 0.05) is 24.0 Å². The molecule has 0 aliphatic carbocycles. The summed E-state index contributed by atoms with van der Waals surface area (Å²) in [7, 11) is 0. The number of benzene rings is 1. The lowest BCUT2D eigenvalue weighted by molar-refractivity contribution is 0.102. The van der Waals surface area contributed by atoms with Crippen molar-refractivity contribution in [2.45, 2.75) is 6.92 Å². The molecule has 114 valence electrons. The molecule has 3 aromatic rings. The molecule has 1 amide bonds. The first-order valence-corrected chi connectivity index (χ1v) is 7.14. The number of pyridine rings is 2. The summed E-state index contributed by atoms with van der Waals surface area (Å²) in [6, 6.07) is 16.2. The van der Waals surface area contributed by atoms with Gasteiger partial charge in [-0.3, -0.25) is 4.79 Å². The lowest BCUT2D eigenvalue weighted by atomic mass is 10.2. The van der Waals surface area contributed by atoms with E-state index in [4.69, 9.17) is 4.74 Å². The number of hydrogen-bond acceptors (Lipinski definition) is 4. The number of nitrogens with zero attached hydrogens (tertiary/aromatic N) is 2. The van der Waals surface area contributed by atoms with E-state index >= 15 is 0 Å². The SMILES string of the molecule is Cc1cccnc1NC(=O)c1ccnc(Oc2ccccc2)c1. The summed E-state index contributed by atoms with van der Waals surface area (Å²) in [5, 5.41) is 2.78. The predicted molar refractivity (Wildman–Crippen MR) is 87.7 cm³/mol. The van der Waals surface area contributed by atoms with Gasteiger partial charge in [0.15, 0.2) is 0 Å². The van der Waals surface area contributed by atoms with Crippen LogP contribution >= 0.6 is 0 Å². The quantitative estimate of drug-likeness (QED) is 0.795. The van der Waals surface area contributed by atoms with Crippen molar-refractivity contribution in [2.24, 2.45) is 0 Å². The second-order valence-electron chi connectivity index (χ2n) is 4.92. The largest absolute Gasteiger partial charge is 0.439 e. The van der Waals surface area contributed by atoms with Crippen molar-refractivity contribution < 1.29 is 9.53 Å². The molecular formula is C18H15N3O2. The number of rotatable bonds is 4. The van der Waals surface area contributed by atoms with Gasteiger partial charge in [-0.15, -0.1) is 0 Å². The van der Waals surface area contributed by atoms with Gasteiger partial charge in [0.1, 0.15) is 11.6 Å². The van der Waals surface area contributed by atoms with Crippen LogP contribution in [0.1, 0.15) is 15.9 Å². The second kappa shape index (κ2) is 6.70. The number of carbonyl (C=O) groups excluding carboxylic acids is 1. The lowest BCUT2D eigenvalue weighted by Crippen LogP contribution is -2.14. The minimum atomic E-state index is -0.257. The Morgan fingerprint density at radius 3 is 2.61 bits per heavy atom. The smallest absolute Gasteiger partial charge is 0.257 e. The zero-order chi connectivity index (χ0) is 16.1. The molecule has 2 heterocycles. The third-order valence-corrected chi connectivity index (χ3v) is 3.20. The zero-order valence-electron chi connectivity index (χ0n) is 12.6. The Balaban J connectivity index is 1.77. The minimum Gasteiger partial charge on any atom is -0.439 e. The van der Waals surface area contributed by atoms with Gasteiger partial charge in [0.25, 0.3) is 5.91 Å². The molecular weight excluding hydrogens is 290 g/mol. The Hall–Kier alpha value is -3.21. The highest BCUT2D eigenvalue weighted by molar-refractivity contribution is 6.04. The zero-order valence-corrected chi connectivity index (χ0v) is 12.6. The van der Waals surface area contributed by atoms with E-state index in [9.17, 15) is 4.79 Å². The molecule has 1 aromatic carbocycles. The van der Waals surface area contributed by atoms with E-state index in [1.165, 1.54) is 0 Å². The maximum atomic E-state index is 12.3. The molecule has 0 aliphatic rings. The fraction of sp³-hybridized carbons (Fsp3) is 0.0556.